The number of hydrogen-bond acceptors (Lipinski definition) is 15. The quantitative estimate of drug-likeness (QED) is 0.131. The van der Waals surface area contributed by atoms with Crippen molar-refractivity contribution in [3.8, 4) is 0 Å². The maximum Gasteiger partial charge on any atom is 0.358 e. The SMILES string of the molecule is CC(OC(=O)C1=C(CSc2nnnn2CCN(C)C)CS[C@@H]2[C@H](NC(=O)Cc3csc(N)n3)C(=O)N12)OC(=O)C1CCCCC1.Cl.Cl. The zero-order valence-corrected chi connectivity index (χ0v) is 30.2. The molecule has 3 atom stereocenters. The Hall–Kier alpha value is -2.64. The van der Waals surface area contributed by atoms with E-state index in [1.807, 2.05) is 19.0 Å². The van der Waals surface area contributed by atoms with E-state index in [0.717, 1.165) is 38.6 Å². The molecule has 1 saturated carbocycles. The molecule has 0 aromatic carbocycles. The van der Waals surface area contributed by atoms with Crippen LogP contribution in [0.1, 0.15) is 44.7 Å². The minimum Gasteiger partial charge on any atom is -0.425 e. The van der Waals surface area contributed by atoms with Crippen LogP contribution in [0.5, 0.6) is 0 Å². The van der Waals surface area contributed by atoms with E-state index in [1.165, 1.54) is 46.7 Å². The summed E-state index contributed by atoms with van der Waals surface area (Å²) in [5.74, 6) is -1.46. The number of likely N-dealkylation sites (N-methyl/N-ethyl adjacent to an activating group) is 1. The Balaban J connectivity index is 0.00000300. The van der Waals surface area contributed by atoms with Gasteiger partial charge in [0.05, 0.1) is 24.6 Å². The van der Waals surface area contributed by atoms with E-state index in [-0.39, 0.29) is 54.7 Å². The Morgan fingerprint density at radius 3 is 2.62 bits per heavy atom. The van der Waals surface area contributed by atoms with Gasteiger partial charge in [0.1, 0.15) is 17.1 Å². The number of nitrogens with two attached hydrogens (primary N) is 1. The average Bonchev–Trinajstić information content (AvgIpc) is 3.65. The molecule has 15 nitrogen and oxygen atoms in total. The molecule has 0 bridgehead atoms. The van der Waals surface area contributed by atoms with Crippen LogP contribution < -0.4 is 11.1 Å². The van der Waals surface area contributed by atoms with Gasteiger partial charge in [0, 0.05) is 30.4 Å². The number of rotatable bonds is 13. The number of thioether (sulfide) groups is 2. The molecule has 2 fully saturated rings. The number of carbonyl (C=O) groups excluding carboxylic acids is 4. The number of fused-ring (bicyclic) bond motifs is 1. The number of nitrogens with zero attached hydrogens (tertiary/aromatic N) is 7. The number of esters is 2. The first-order valence-corrected chi connectivity index (χ1v) is 17.6. The first kappa shape index (κ1) is 38.8. The fourth-order valence-corrected chi connectivity index (χ4v) is 8.24. The molecule has 4 heterocycles. The van der Waals surface area contributed by atoms with Crippen molar-refractivity contribution in [3.63, 3.8) is 0 Å². The van der Waals surface area contributed by atoms with Crippen molar-refractivity contribution in [1.82, 2.24) is 40.3 Å². The third-order valence-corrected chi connectivity index (χ3v) is 10.7. The van der Waals surface area contributed by atoms with Crippen molar-refractivity contribution in [3.05, 3.63) is 22.3 Å². The van der Waals surface area contributed by atoms with E-state index in [1.54, 1.807) is 10.1 Å². The first-order chi connectivity index (χ1) is 21.6. The van der Waals surface area contributed by atoms with Gasteiger partial charge >= 0.3 is 11.9 Å². The number of aromatic nitrogens is 5. The van der Waals surface area contributed by atoms with Gasteiger partial charge in [-0.3, -0.25) is 19.3 Å². The van der Waals surface area contributed by atoms with E-state index in [4.69, 9.17) is 15.2 Å². The number of nitrogens with one attached hydrogen (secondary N) is 1. The summed E-state index contributed by atoms with van der Waals surface area (Å²) < 4.78 is 12.8. The van der Waals surface area contributed by atoms with Crippen molar-refractivity contribution in [2.75, 3.05) is 37.9 Å². The van der Waals surface area contributed by atoms with Gasteiger partial charge in [-0.25, -0.2) is 14.5 Å². The maximum atomic E-state index is 13.6. The number of hydrogen-bond donors (Lipinski definition) is 2. The summed E-state index contributed by atoms with van der Waals surface area (Å²) in [5, 5.41) is 16.9. The van der Waals surface area contributed by atoms with Crippen LogP contribution in [-0.4, -0.2) is 109 Å². The van der Waals surface area contributed by atoms with Crippen LogP contribution in [0, 0.1) is 5.92 Å². The fourth-order valence-electron chi connectivity index (χ4n) is 5.29. The summed E-state index contributed by atoms with van der Waals surface area (Å²) in [4.78, 5) is 60.0. The number of halogens is 2. The van der Waals surface area contributed by atoms with Gasteiger partial charge in [-0.2, -0.15) is 0 Å². The van der Waals surface area contributed by atoms with E-state index >= 15 is 0 Å². The molecule has 2 aromatic rings. The summed E-state index contributed by atoms with van der Waals surface area (Å²) in [5.41, 5.74) is 6.92. The van der Waals surface area contributed by atoms with Crippen molar-refractivity contribution < 1.29 is 28.7 Å². The summed E-state index contributed by atoms with van der Waals surface area (Å²) in [6.07, 6.45) is 3.37. The Morgan fingerprint density at radius 2 is 1.94 bits per heavy atom. The summed E-state index contributed by atoms with van der Waals surface area (Å²) in [6.45, 7) is 2.81. The van der Waals surface area contributed by atoms with Crippen LogP contribution in [0.25, 0.3) is 0 Å². The van der Waals surface area contributed by atoms with Crippen molar-refractivity contribution in [1.29, 1.82) is 0 Å². The lowest BCUT2D eigenvalue weighted by molar-refractivity contribution is -0.187. The van der Waals surface area contributed by atoms with Crippen molar-refractivity contribution in [2.45, 2.75) is 74.9 Å². The average molecular weight is 753 g/mol. The lowest BCUT2D eigenvalue weighted by atomic mass is 9.89. The van der Waals surface area contributed by atoms with Gasteiger partial charge in [-0.15, -0.1) is 53.0 Å². The van der Waals surface area contributed by atoms with E-state index in [0.29, 0.717) is 39.6 Å². The van der Waals surface area contributed by atoms with Crippen molar-refractivity contribution in [2.24, 2.45) is 5.92 Å². The molecule has 1 saturated heterocycles. The molecule has 47 heavy (non-hydrogen) atoms. The zero-order chi connectivity index (χ0) is 32.1. The molecule has 5 rings (SSSR count). The highest BCUT2D eigenvalue weighted by Crippen LogP contribution is 2.42. The minimum absolute atomic E-state index is 0. The maximum absolute atomic E-state index is 13.6. The molecule has 3 aliphatic rings. The Kier molecular flexibility index (Phi) is 14.6. The third kappa shape index (κ3) is 9.72. The summed E-state index contributed by atoms with van der Waals surface area (Å²) in [6, 6.07) is -0.824. The largest absolute Gasteiger partial charge is 0.425 e. The normalized spacial score (nSPS) is 20.0. The number of β-lactam (4-membered cyclic amide) rings is 1. The van der Waals surface area contributed by atoms with Crippen LogP contribution >= 0.6 is 59.7 Å². The van der Waals surface area contributed by atoms with E-state index in [9.17, 15) is 19.2 Å². The van der Waals surface area contributed by atoms with Gasteiger partial charge in [0.15, 0.2) is 5.13 Å². The number of anilines is 1. The van der Waals surface area contributed by atoms with Gasteiger partial charge in [0.2, 0.25) is 17.4 Å². The van der Waals surface area contributed by atoms with Crippen LogP contribution in [0.3, 0.4) is 0 Å². The van der Waals surface area contributed by atoms with Crippen molar-refractivity contribution >= 4 is 88.6 Å². The molecular weight excluding hydrogens is 713 g/mol. The lowest BCUT2D eigenvalue weighted by Crippen LogP contribution is -2.70. The number of thiazole rings is 1. The molecular formula is C27H39Cl2N9O6S3. The molecule has 20 heteroatoms. The monoisotopic (exact) mass is 751 g/mol. The second-order valence-corrected chi connectivity index (χ2v) is 14.2. The van der Waals surface area contributed by atoms with E-state index in [2.05, 4.69) is 25.8 Å². The van der Waals surface area contributed by atoms with Crippen LogP contribution in [0.4, 0.5) is 5.13 Å². The molecule has 1 aliphatic carbocycles. The molecule has 0 spiro atoms. The van der Waals surface area contributed by atoms with Crippen LogP contribution in [0.2, 0.25) is 0 Å². The molecule has 3 N–H and O–H groups in total. The Morgan fingerprint density at radius 1 is 1.19 bits per heavy atom. The number of ether oxygens (including phenoxy) is 2. The zero-order valence-electron chi connectivity index (χ0n) is 26.2. The molecule has 260 valence electrons. The summed E-state index contributed by atoms with van der Waals surface area (Å²) in [7, 11) is 3.91. The molecule has 1 unspecified atom stereocenters. The Bertz CT molecular complexity index is 1450. The number of amides is 2. The predicted molar refractivity (Wildman–Crippen MR) is 182 cm³/mol. The summed E-state index contributed by atoms with van der Waals surface area (Å²) >= 11 is 4.02. The second kappa shape index (κ2) is 17.7. The Labute approximate surface area is 297 Å². The van der Waals surface area contributed by atoms with Crippen LogP contribution in [0.15, 0.2) is 21.8 Å². The highest BCUT2D eigenvalue weighted by molar-refractivity contribution is 8.01. The standard InChI is InChI=1S/C27H37N9O6S3.2ClH/c1-15(41-24(39)16-7-5-4-6-8-16)42-25(40)21-17(13-45-27-31-32-33-35(27)10-9-34(2)3)12-43-23-20(22(38)36(21)23)30-19(37)11-18-14-44-26(28)29-18;;/h14-16,20,23H,4-13H2,1-3H3,(H2,28,29)(H,30,37);2*1H/t15?,20-,23-;;/m1../s1. The second-order valence-electron chi connectivity index (χ2n) is 11.3. The fraction of sp³-hybridized carbons (Fsp3) is 0.630. The lowest BCUT2D eigenvalue weighted by Gasteiger charge is -2.49. The molecule has 2 amide bonds. The number of carbonyl (C=O) groups is 4. The third-order valence-electron chi connectivity index (χ3n) is 7.60. The van der Waals surface area contributed by atoms with Crippen LogP contribution in [-0.2, 0) is 41.6 Å². The van der Waals surface area contributed by atoms with Gasteiger partial charge < -0.3 is 25.4 Å². The molecule has 2 aromatic heterocycles. The van der Waals surface area contributed by atoms with Gasteiger partial charge in [-0.05, 0) is 42.9 Å². The minimum atomic E-state index is -1.14. The van der Waals surface area contributed by atoms with E-state index < -0.39 is 29.6 Å². The van der Waals surface area contributed by atoms with Gasteiger partial charge in [0.25, 0.3) is 5.91 Å². The molecule has 0 radical (unpaired) electrons. The number of nitrogen functional groups attached to an aromatic ring is 1. The topological polar surface area (TPSA) is 188 Å². The molecule has 2 aliphatic heterocycles. The number of tetrazole rings is 1. The predicted octanol–water partition coefficient (Wildman–Crippen LogP) is 2.12. The first-order valence-electron chi connectivity index (χ1n) is 14.7. The highest BCUT2D eigenvalue weighted by atomic mass is 35.5. The highest BCUT2D eigenvalue weighted by Gasteiger charge is 2.54. The van der Waals surface area contributed by atoms with Gasteiger partial charge in [-0.1, -0.05) is 31.0 Å². The smallest absolute Gasteiger partial charge is 0.358 e.